The molecule has 37 heavy (non-hydrogen) atoms. The van der Waals surface area contributed by atoms with Gasteiger partial charge in [-0.15, -0.1) is 0 Å². The number of carbonyl (C=O) groups excluding carboxylic acids is 1. The van der Waals surface area contributed by atoms with E-state index >= 15 is 0 Å². The fraction of sp³-hybridized carbons (Fsp3) is 0.179. The van der Waals surface area contributed by atoms with E-state index in [2.05, 4.69) is 15.6 Å². The van der Waals surface area contributed by atoms with Gasteiger partial charge in [0.25, 0.3) is 0 Å². The summed E-state index contributed by atoms with van der Waals surface area (Å²) in [6, 6.07) is 20.5. The van der Waals surface area contributed by atoms with Gasteiger partial charge in [-0.1, -0.05) is 13.0 Å². The van der Waals surface area contributed by atoms with Crippen molar-refractivity contribution in [3.05, 3.63) is 96.3 Å². The van der Waals surface area contributed by atoms with Crippen molar-refractivity contribution in [2.24, 2.45) is 0 Å². The molecule has 2 aromatic heterocycles. The summed E-state index contributed by atoms with van der Waals surface area (Å²) in [5.74, 6) is 1.36. The van der Waals surface area contributed by atoms with Crippen LogP contribution >= 0.6 is 12.2 Å². The van der Waals surface area contributed by atoms with Crippen LogP contribution in [-0.2, 0) is 4.79 Å². The molecule has 2 atom stereocenters. The monoisotopic (exact) mass is 516 g/mol. The summed E-state index contributed by atoms with van der Waals surface area (Å²) in [4.78, 5) is 18.5. The lowest BCUT2D eigenvalue weighted by Gasteiger charge is -2.27. The summed E-state index contributed by atoms with van der Waals surface area (Å²) in [5.41, 5.74) is 2.90. The van der Waals surface area contributed by atoms with Crippen LogP contribution in [0.5, 0.6) is 5.75 Å². The minimum atomic E-state index is -0.377. The smallest absolute Gasteiger partial charge is 0.224 e. The second-order valence-corrected chi connectivity index (χ2v) is 8.88. The molecule has 4 aromatic rings. The minimum absolute atomic E-state index is 0.110. The van der Waals surface area contributed by atoms with Crippen LogP contribution in [0.4, 0.5) is 15.8 Å². The summed E-state index contributed by atoms with van der Waals surface area (Å²) in [7, 11) is 1.55. The van der Waals surface area contributed by atoms with Crippen LogP contribution in [0.15, 0.2) is 83.4 Å². The highest BCUT2D eigenvalue weighted by atomic mass is 32.1. The number of ether oxygens (including phenoxy) is 1. The second kappa shape index (κ2) is 10.4. The van der Waals surface area contributed by atoms with Gasteiger partial charge in [-0.3, -0.25) is 9.78 Å². The van der Waals surface area contributed by atoms with Crippen LogP contribution in [0.25, 0.3) is 11.3 Å². The van der Waals surface area contributed by atoms with Gasteiger partial charge >= 0.3 is 0 Å². The average molecular weight is 517 g/mol. The van der Waals surface area contributed by atoms with Crippen molar-refractivity contribution in [1.29, 1.82) is 0 Å². The number of rotatable bonds is 7. The van der Waals surface area contributed by atoms with Crippen molar-refractivity contribution in [3.63, 3.8) is 0 Å². The molecule has 1 saturated heterocycles. The zero-order chi connectivity index (χ0) is 25.9. The molecule has 0 radical (unpaired) electrons. The largest absolute Gasteiger partial charge is 0.494 e. The molecule has 0 spiro atoms. The third-order valence-corrected chi connectivity index (χ3v) is 6.52. The van der Waals surface area contributed by atoms with Gasteiger partial charge in [0, 0.05) is 29.9 Å². The standard InChI is InChI=1S/C28H25FN4O3S/c1-3-25(34)31-20-12-11-19(16-24(20)35-2)33-27(26(32-28(33)37)21-6-4-5-15-30-21)23-14-13-22(36-23)17-7-9-18(29)10-8-17/h4-16,26-27H,3H2,1-2H3,(H,31,34)(H,32,37)/t26-,27-/m1/s1. The number of benzene rings is 2. The molecule has 9 heteroatoms. The number of anilines is 2. The van der Waals surface area contributed by atoms with Crippen LogP contribution in [-0.4, -0.2) is 23.1 Å². The van der Waals surface area contributed by atoms with E-state index < -0.39 is 0 Å². The Kier molecular flexibility index (Phi) is 6.87. The fourth-order valence-corrected chi connectivity index (χ4v) is 4.72. The van der Waals surface area contributed by atoms with Crippen molar-refractivity contribution in [1.82, 2.24) is 10.3 Å². The van der Waals surface area contributed by atoms with E-state index in [-0.39, 0.29) is 23.8 Å². The highest BCUT2D eigenvalue weighted by molar-refractivity contribution is 7.80. The summed E-state index contributed by atoms with van der Waals surface area (Å²) in [5, 5.41) is 6.74. The van der Waals surface area contributed by atoms with E-state index in [4.69, 9.17) is 21.4 Å². The van der Waals surface area contributed by atoms with Gasteiger partial charge in [0.1, 0.15) is 29.1 Å². The number of furan rings is 1. The normalized spacial score (nSPS) is 16.9. The van der Waals surface area contributed by atoms with Crippen LogP contribution in [0, 0.1) is 5.82 Å². The Hall–Kier alpha value is -4.24. The zero-order valence-corrected chi connectivity index (χ0v) is 21.1. The Bertz CT molecular complexity index is 1430. The third kappa shape index (κ3) is 4.90. The number of carbonyl (C=O) groups is 1. The maximum atomic E-state index is 13.5. The number of aromatic nitrogens is 1. The molecule has 7 nitrogen and oxygen atoms in total. The number of nitrogens with zero attached hydrogens (tertiary/aromatic N) is 2. The lowest BCUT2D eigenvalue weighted by Crippen LogP contribution is -2.29. The van der Waals surface area contributed by atoms with Gasteiger partial charge in [-0.2, -0.15) is 0 Å². The molecule has 0 aliphatic carbocycles. The number of hydrogen-bond donors (Lipinski definition) is 2. The topological polar surface area (TPSA) is 79.6 Å². The Morgan fingerprint density at radius 2 is 1.97 bits per heavy atom. The zero-order valence-electron chi connectivity index (χ0n) is 20.3. The van der Waals surface area contributed by atoms with Crippen molar-refractivity contribution < 1.29 is 18.3 Å². The Morgan fingerprint density at radius 1 is 1.16 bits per heavy atom. The Labute approximate surface area is 219 Å². The Balaban J connectivity index is 1.57. The summed E-state index contributed by atoms with van der Waals surface area (Å²) < 4.78 is 25.3. The summed E-state index contributed by atoms with van der Waals surface area (Å²) >= 11 is 5.79. The molecule has 2 N–H and O–H groups in total. The minimum Gasteiger partial charge on any atom is -0.494 e. The van der Waals surface area contributed by atoms with E-state index in [1.165, 1.54) is 12.1 Å². The first kappa shape index (κ1) is 24.5. The molecule has 5 rings (SSSR count). The predicted octanol–water partition coefficient (Wildman–Crippen LogP) is 6.01. The first-order valence-corrected chi connectivity index (χ1v) is 12.2. The first-order chi connectivity index (χ1) is 18.0. The molecular formula is C28H25FN4O3S. The summed E-state index contributed by atoms with van der Waals surface area (Å²) in [6.07, 6.45) is 2.09. The highest BCUT2D eigenvalue weighted by Crippen LogP contribution is 2.44. The van der Waals surface area contributed by atoms with E-state index in [1.54, 1.807) is 38.4 Å². The van der Waals surface area contributed by atoms with Crippen LogP contribution in [0.1, 0.15) is 36.9 Å². The molecular weight excluding hydrogens is 491 g/mol. The molecule has 1 fully saturated rings. The number of halogens is 1. The lowest BCUT2D eigenvalue weighted by molar-refractivity contribution is -0.115. The number of nitrogens with one attached hydrogen (secondary N) is 2. The number of thiocarbonyl (C=S) groups is 1. The molecule has 1 amide bonds. The molecule has 3 heterocycles. The van der Waals surface area contributed by atoms with Crippen LogP contribution in [0.3, 0.4) is 0 Å². The van der Waals surface area contributed by atoms with Crippen molar-refractivity contribution in [2.75, 3.05) is 17.3 Å². The van der Waals surface area contributed by atoms with E-state index in [0.29, 0.717) is 34.5 Å². The van der Waals surface area contributed by atoms with Gasteiger partial charge in [-0.05, 0) is 72.9 Å². The SMILES string of the molecule is CCC(=O)Nc1ccc(N2C(=S)N[C@H](c3ccccn3)[C@H]2c2ccc(-c3ccc(F)cc3)o2)cc1OC. The quantitative estimate of drug-likeness (QED) is 0.291. The predicted molar refractivity (Wildman–Crippen MR) is 144 cm³/mol. The maximum Gasteiger partial charge on any atom is 0.224 e. The molecule has 0 bridgehead atoms. The maximum absolute atomic E-state index is 13.5. The molecule has 0 saturated carbocycles. The average Bonchev–Trinajstić information content (AvgIpc) is 3.54. The molecule has 0 unspecified atom stereocenters. The van der Waals surface area contributed by atoms with Gasteiger partial charge < -0.3 is 24.7 Å². The Morgan fingerprint density at radius 3 is 2.68 bits per heavy atom. The summed E-state index contributed by atoms with van der Waals surface area (Å²) in [6.45, 7) is 1.79. The van der Waals surface area contributed by atoms with Crippen molar-refractivity contribution in [3.8, 4) is 17.1 Å². The number of pyridine rings is 1. The van der Waals surface area contributed by atoms with Crippen molar-refractivity contribution in [2.45, 2.75) is 25.4 Å². The lowest BCUT2D eigenvalue weighted by atomic mass is 10.0. The fourth-order valence-electron chi connectivity index (χ4n) is 4.37. The highest BCUT2D eigenvalue weighted by Gasteiger charge is 2.42. The molecule has 1 aliphatic heterocycles. The molecule has 188 valence electrons. The number of methoxy groups -OCH3 is 1. The van der Waals surface area contributed by atoms with Gasteiger partial charge in [0.2, 0.25) is 5.91 Å². The molecule has 1 aliphatic rings. The van der Waals surface area contributed by atoms with Crippen molar-refractivity contribution >= 4 is 34.6 Å². The number of hydrogen-bond acceptors (Lipinski definition) is 5. The molecule has 2 aromatic carbocycles. The van der Waals surface area contributed by atoms with E-state index in [1.807, 2.05) is 47.4 Å². The van der Waals surface area contributed by atoms with Gasteiger partial charge in [-0.25, -0.2) is 4.39 Å². The van der Waals surface area contributed by atoms with E-state index in [0.717, 1.165) is 16.9 Å². The van der Waals surface area contributed by atoms with Crippen LogP contribution < -0.4 is 20.3 Å². The first-order valence-electron chi connectivity index (χ1n) is 11.8. The third-order valence-electron chi connectivity index (χ3n) is 6.20. The van der Waals surface area contributed by atoms with Gasteiger partial charge in [0.05, 0.1) is 24.5 Å². The number of amides is 1. The van der Waals surface area contributed by atoms with Gasteiger partial charge in [0.15, 0.2) is 5.11 Å². The second-order valence-electron chi connectivity index (χ2n) is 8.49. The van der Waals surface area contributed by atoms with Crippen LogP contribution in [0.2, 0.25) is 0 Å². The van der Waals surface area contributed by atoms with E-state index in [9.17, 15) is 9.18 Å².